The maximum atomic E-state index is 12.2. The maximum Gasteiger partial charge on any atom is 0.488 e. The summed E-state index contributed by atoms with van der Waals surface area (Å²) < 4.78 is 36.6. The van der Waals surface area contributed by atoms with Crippen LogP contribution in [0.4, 0.5) is 0 Å². The number of rotatable bonds is 5. The Kier molecular flexibility index (Phi) is 21.4. The summed E-state index contributed by atoms with van der Waals surface area (Å²) in [6.45, 7) is 8.95. The standard InChI is InChI=1S/3C17H17N3O2.C16H13N3O2.C8H9BN2O2.C8H6BrNO2/c3*1-17(21)10-22-9-13-6-18-8-14(16(13)17)11-3-4-12-7-19-20(2)15(12)5-11;1-19-14-4-10(2-3-11(14)6-18-19)13-7-17-5-12-8-21-9-15(20)16(12)13;1-11-8-4-7(9(12)13)3-2-6(8)5-10-11;9-6-2-10-1-5-3-12-4-7(11)8(5)6/h3*3-8,21H,9-10H2,1-2H3;2-7H,8-9H2,1H3;2-5,12-13H,1H3;1-2H,3-4H2. The molecule has 112 heavy (non-hydrogen) atoms. The van der Waals surface area contributed by atoms with E-state index < -0.39 is 23.9 Å². The van der Waals surface area contributed by atoms with Crippen LogP contribution in [0.5, 0.6) is 0 Å². The third-order valence-corrected chi connectivity index (χ3v) is 21.1. The molecule has 3 atom stereocenters. The molecule has 0 saturated carbocycles. The first-order chi connectivity index (χ1) is 53.9. The van der Waals surface area contributed by atoms with Crippen molar-refractivity contribution in [3.63, 3.8) is 0 Å². The SMILES string of the molecule is Cn1ncc2ccc(-c3cncc4c3C(=O)COC4)cc21.Cn1ncc2ccc(-c3cncc4c3C(C)(O)COC4)cc21.Cn1ncc2ccc(-c3cncc4c3C(C)(O)COC4)cc21.Cn1ncc2ccc(-c3cncc4c3C(C)(O)COC4)cc21.Cn1ncc2ccc(B(O)O)cc21.O=C1COCc2cncc(Br)c21. The van der Waals surface area contributed by atoms with Crippen molar-refractivity contribution in [3.8, 4) is 44.5 Å². The molecule has 15 heterocycles. The molecule has 5 aromatic carbocycles. The second-order valence-corrected chi connectivity index (χ2v) is 29.7. The second-order valence-electron chi connectivity index (χ2n) is 28.8. The fourth-order valence-corrected chi connectivity index (χ4v) is 15.6. The number of halogens is 1. The largest absolute Gasteiger partial charge is 0.488 e. The minimum Gasteiger partial charge on any atom is -0.423 e. The highest BCUT2D eigenvalue weighted by atomic mass is 79.9. The van der Waals surface area contributed by atoms with Crippen LogP contribution in [0.1, 0.15) is 86.0 Å². The van der Waals surface area contributed by atoms with Crippen LogP contribution in [-0.4, -0.2) is 151 Å². The van der Waals surface area contributed by atoms with E-state index in [9.17, 15) is 24.9 Å². The molecule has 0 fully saturated rings. The Hall–Kier alpha value is -11.3. The van der Waals surface area contributed by atoms with Gasteiger partial charge in [0, 0.05) is 206 Å². The summed E-state index contributed by atoms with van der Waals surface area (Å²) >= 11 is 3.28. The van der Waals surface area contributed by atoms with Crippen molar-refractivity contribution in [2.24, 2.45) is 35.2 Å². The number of hydrogen-bond donors (Lipinski definition) is 5. The lowest BCUT2D eigenvalue weighted by molar-refractivity contribution is -0.0601. The third-order valence-electron chi connectivity index (χ3n) is 20.5. The first-order valence-electron chi connectivity index (χ1n) is 36.0. The molecule has 27 nitrogen and oxygen atoms in total. The van der Waals surface area contributed by atoms with Crippen molar-refractivity contribution in [3.05, 3.63) is 244 Å². The topological polar surface area (TPSA) is 335 Å². The molecule has 568 valence electrons. The number of carbonyl (C=O) groups excluding carboxylic acids is 2. The van der Waals surface area contributed by atoms with Crippen molar-refractivity contribution in [2.45, 2.75) is 70.6 Å². The Bertz CT molecular complexity index is 5760. The van der Waals surface area contributed by atoms with Crippen LogP contribution in [-0.2, 0) is 109 Å². The quantitative estimate of drug-likeness (QED) is 0.1000. The molecule has 0 aliphatic carbocycles. The van der Waals surface area contributed by atoms with Gasteiger partial charge in [-0.3, -0.25) is 57.9 Å². The van der Waals surface area contributed by atoms with Gasteiger partial charge in [-0.25, -0.2) is 0 Å². The number of nitrogens with zero attached hydrogens (tertiary/aromatic N) is 15. The predicted molar refractivity (Wildman–Crippen MR) is 424 cm³/mol. The molecule has 20 rings (SSSR count). The average molecular weight is 1570 g/mol. The number of aryl methyl sites for hydroxylation is 5. The molecule has 5 N–H and O–H groups in total. The van der Waals surface area contributed by atoms with E-state index in [0.717, 1.165) is 159 Å². The molecule has 0 saturated heterocycles. The second kappa shape index (κ2) is 31.5. The minimum atomic E-state index is -1.42. The van der Waals surface area contributed by atoms with E-state index in [1.165, 1.54) is 0 Å². The number of aromatic nitrogens is 15. The Morgan fingerprint density at radius 3 is 0.982 bits per heavy atom. The lowest BCUT2D eigenvalue weighted by Gasteiger charge is -2.32. The lowest BCUT2D eigenvalue weighted by Crippen LogP contribution is -2.34. The Labute approximate surface area is 651 Å². The summed E-state index contributed by atoms with van der Waals surface area (Å²) in [4.78, 5) is 44.7. The summed E-state index contributed by atoms with van der Waals surface area (Å²) in [7, 11) is 8.08. The van der Waals surface area contributed by atoms with Gasteiger partial charge in [-0.15, -0.1) is 0 Å². The van der Waals surface area contributed by atoms with Crippen LogP contribution in [0.3, 0.4) is 0 Å². The van der Waals surface area contributed by atoms with Gasteiger partial charge in [-0.1, -0.05) is 60.7 Å². The molecule has 15 aromatic rings. The van der Waals surface area contributed by atoms with Crippen molar-refractivity contribution >= 4 is 94.6 Å². The molecule has 10 aromatic heterocycles. The molecule has 29 heteroatoms. The van der Waals surface area contributed by atoms with Crippen molar-refractivity contribution < 1.29 is 58.6 Å². The molecule has 0 bridgehead atoms. The summed E-state index contributed by atoms with van der Waals surface area (Å²) in [6.07, 6.45) is 26.6. The molecular formula is C83H79BBrN15O12. The summed E-state index contributed by atoms with van der Waals surface area (Å²) in [5.41, 5.74) is 19.1. The van der Waals surface area contributed by atoms with Crippen LogP contribution < -0.4 is 5.46 Å². The van der Waals surface area contributed by atoms with E-state index in [4.69, 9.17) is 33.7 Å². The smallest absolute Gasteiger partial charge is 0.423 e. The minimum absolute atomic E-state index is 0.0127. The zero-order valence-electron chi connectivity index (χ0n) is 62.6. The zero-order valence-corrected chi connectivity index (χ0v) is 64.2. The number of fused-ring (bicyclic) bond motifs is 10. The molecule has 5 aliphatic rings. The van der Waals surface area contributed by atoms with Gasteiger partial charge < -0.3 is 49.1 Å². The molecule has 5 aliphatic heterocycles. The van der Waals surface area contributed by atoms with Crippen LogP contribution in [0.2, 0.25) is 0 Å². The number of ether oxygens (including phenoxy) is 5. The van der Waals surface area contributed by atoms with E-state index in [1.54, 1.807) is 87.2 Å². The normalized spacial score (nSPS) is 18.1. The maximum absolute atomic E-state index is 12.2. The number of ketones is 2. The van der Waals surface area contributed by atoms with Gasteiger partial charge in [0.1, 0.15) is 30.0 Å². The van der Waals surface area contributed by atoms with Gasteiger partial charge in [0.05, 0.1) is 111 Å². The van der Waals surface area contributed by atoms with Crippen LogP contribution in [0.25, 0.3) is 99.0 Å². The molecule has 0 amide bonds. The third kappa shape index (κ3) is 15.3. The van der Waals surface area contributed by atoms with Crippen LogP contribution >= 0.6 is 15.9 Å². The summed E-state index contributed by atoms with van der Waals surface area (Å²) in [5, 5.41) is 76.5. The first-order valence-corrected chi connectivity index (χ1v) is 36.8. The molecule has 3 unspecified atom stereocenters. The number of carbonyl (C=O) groups is 2. The van der Waals surface area contributed by atoms with Gasteiger partial charge >= 0.3 is 7.12 Å². The highest BCUT2D eigenvalue weighted by Gasteiger charge is 2.37. The molecule has 0 radical (unpaired) electrons. The van der Waals surface area contributed by atoms with Crippen molar-refractivity contribution in [1.29, 1.82) is 0 Å². The van der Waals surface area contributed by atoms with Crippen LogP contribution in [0, 0.1) is 0 Å². The number of hydrogen-bond acceptors (Lipinski definition) is 22. The number of Topliss-reactive ketones (excluding diaryl/α,β-unsaturated/α-hetero) is 2. The number of pyridine rings is 5. The zero-order chi connectivity index (χ0) is 78.3. The van der Waals surface area contributed by atoms with E-state index in [-0.39, 0.29) is 24.8 Å². The fraction of sp³-hybridized carbons (Fsp3) is 0.253. The van der Waals surface area contributed by atoms with Gasteiger partial charge in [-0.05, 0) is 94.7 Å². The van der Waals surface area contributed by atoms with E-state index >= 15 is 0 Å². The Morgan fingerprint density at radius 1 is 0.348 bits per heavy atom. The Morgan fingerprint density at radius 2 is 0.634 bits per heavy atom. The number of benzene rings is 5. The first kappa shape index (κ1) is 76.1. The van der Waals surface area contributed by atoms with E-state index in [2.05, 4.69) is 84.5 Å². The fourth-order valence-electron chi connectivity index (χ4n) is 15.0. The molecule has 0 spiro atoms. The van der Waals surface area contributed by atoms with Crippen molar-refractivity contribution in [1.82, 2.24) is 73.8 Å². The van der Waals surface area contributed by atoms with E-state index in [1.807, 2.05) is 158 Å². The summed E-state index contributed by atoms with van der Waals surface area (Å²) in [6, 6.07) is 29.8. The summed E-state index contributed by atoms with van der Waals surface area (Å²) in [5.74, 6) is 0.0317. The molecular weight excluding hydrogens is 1490 g/mol. The van der Waals surface area contributed by atoms with Gasteiger partial charge in [-0.2, -0.15) is 25.5 Å². The van der Waals surface area contributed by atoms with Gasteiger partial charge in [0.15, 0.2) is 11.6 Å². The van der Waals surface area contributed by atoms with Gasteiger partial charge in [0.25, 0.3) is 0 Å². The lowest BCUT2D eigenvalue weighted by atomic mass is 9.80. The number of aliphatic hydroxyl groups is 3. The van der Waals surface area contributed by atoms with E-state index in [0.29, 0.717) is 58.3 Å². The van der Waals surface area contributed by atoms with Crippen LogP contribution in [0.15, 0.2) is 188 Å². The predicted octanol–water partition coefficient (Wildman–Crippen LogP) is 10.3. The highest BCUT2D eigenvalue weighted by molar-refractivity contribution is 9.10. The highest BCUT2D eigenvalue weighted by Crippen LogP contribution is 2.42. The Balaban J connectivity index is 0.000000108. The average Bonchev–Trinajstić information content (AvgIpc) is 1.04. The van der Waals surface area contributed by atoms with Crippen molar-refractivity contribution in [2.75, 3.05) is 33.0 Å². The van der Waals surface area contributed by atoms with Gasteiger partial charge in [0.2, 0.25) is 0 Å². The monoisotopic (exact) mass is 1570 g/mol.